The molecule has 1 atom stereocenters. The van der Waals surface area contributed by atoms with Crippen LogP contribution in [0.5, 0.6) is 0 Å². The summed E-state index contributed by atoms with van der Waals surface area (Å²) in [6, 6.07) is 7.54. The van der Waals surface area contributed by atoms with Crippen LogP contribution < -0.4 is 5.73 Å². The van der Waals surface area contributed by atoms with Crippen molar-refractivity contribution in [1.29, 1.82) is 0 Å². The fraction of sp³-hybridized carbons (Fsp3) is 0.625. The van der Waals surface area contributed by atoms with Crippen molar-refractivity contribution < 1.29 is 0 Å². The van der Waals surface area contributed by atoms with Crippen LogP contribution in [0.3, 0.4) is 0 Å². The summed E-state index contributed by atoms with van der Waals surface area (Å²) in [5.41, 5.74) is 10.3. The van der Waals surface area contributed by atoms with Crippen LogP contribution in [0.1, 0.15) is 48.4 Å². The zero-order valence-corrected chi connectivity index (χ0v) is 11.9. The molecule has 100 valence electrons. The average Bonchev–Trinajstić information content (AvgIpc) is 2.80. The van der Waals surface area contributed by atoms with Gasteiger partial charge in [-0.3, -0.25) is 0 Å². The monoisotopic (exact) mass is 246 g/mol. The summed E-state index contributed by atoms with van der Waals surface area (Å²) in [5, 5.41) is 0. The minimum atomic E-state index is 0.134. The largest absolute Gasteiger partial charge is 0.323 e. The number of nitrogens with two attached hydrogens (primary N) is 1. The number of aryl methyl sites for hydroxylation is 2. The van der Waals surface area contributed by atoms with Gasteiger partial charge in [-0.05, 0) is 39.3 Å². The van der Waals surface area contributed by atoms with Gasteiger partial charge < -0.3 is 10.6 Å². The van der Waals surface area contributed by atoms with Crippen LogP contribution >= 0.6 is 0 Å². The standard InChI is InChI=1S/C16H26N2/c1-12-8-13(2)10-14(9-12)16(17)11-18(3)15-6-4-5-7-15/h8-10,15-16H,4-7,11,17H2,1-3H3. The summed E-state index contributed by atoms with van der Waals surface area (Å²) in [5.74, 6) is 0. The van der Waals surface area contributed by atoms with Gasteiger partial charge in [-0.25, -0.2) is 0 Å². The highest BCUT2D eigenvalue weighted by Crippen LogP contribution is 2.24. The molecule has 1 saturated carbocycles. The minimum absolute atomic E-state index is 0.134. The average molecular weight is 246 g/mol. The lowest BCUT2D eigenvalue weighted by Gasteiger charge is -2.27. The van der Waals surface area contributed by atoms with E-state index in [1.165, 1.54) is 42.4 Å². The predicted octanol–water partition coefficient (Wildman–Crippen LogP) is 3.18. The van der Waals surface area contributed by atoms with Gasteiger partial charge in [-0.2, -0.15) is 0 Å². The summed E-state index contributed by atoms with van der Waals surface area (Å²) >= 11 is 0. The molecule has 0 amide bonds. The van der Waals surface area contributed by atoms with Crippen LogP contribution in [0.25, 0.3) is 0 Å². The molecule has 1 fully saturated rings. The Hall–Kier alpha value is -0.860. The summed E-state index contributed by atoms with van der Waals surface area (Å²) in [6.45, 7) is 5.25. The highest BCUT2D eigenvalue weighted by atomic mass is 15.1. The summed E-state index contributed by atoms with van der Waals surface area (Å²) in [7, 11) is 2.22. The Bertz CT molecular complexity index is 374. The zero-order chi connectivity index (χ0) is 13.1. The van der Waals surface area contributed by atoms with E-state index in [1.807, 2.05) is 0 Å². The molecule has 2 nitrogen and oxygen atoms in total. The maximum absolute atomic E-state index is 6.36. The Balaban J connectivity index is 1.99. The molecule has 0 saturated heterocycles. The van der Waals surface area contributed by atoms with E-state index < -0.39 is 0 Å². The molecule has 2 rings (SSSR count). The van der Waals surface area contributed by atoms with E-state index >= 15 is 0 Å². The molecule has 0 bridgehead atoms. The quantitative estimate of drug-likeness (QED) is 0.884. The molecule has 1 aromatic carbocycles. The van der Waals surface area contributed by atoms with Crippen molar-refractivity contribution in [2.45, 2.75) is 51.6 Å². The van der Waals surface area contributed by atoms with Crippen LogP contribution in [-0.2, 0) is 0 Å². The minimum Gasteiger partial charge on any atom is -0.323 e. The fourth-order valence-corrected chi connectivity index (χ4v) is 3.13. The first-order valence-electron chi connectivity index (χ1n) is 7.10. The molecule has 0 radical (unpaired) electrons. The molecule has 0 spiro atoms. The van der Waals surface area contributed by atoms with E-state index in [1.54, 1.807) is 0 Å². The fourth-order valence-electron chi connectivity index (χ4n) is 3.13. The Labute approximate surface area is 111 Å². The van der Waals surface area contributed by atoms with Crippen LogP contribution in [-0.4, -0.2) is 24.5 Å². The lowest BCUT2D eigenvalue weighted by Crippen LogP contribution is -2.35. The molecule has 0 aliphatic heterocycles. The molecule has 0 aromatic heterocycles. The molecule has 2 N–H and O–H groups in total. The Morgan fingerprint density at radius 3 is 2.28 bits per heavy atom. The third-order valence-electron chi connectivity index (χ3n) is 4.10. The number of nitrogens with zero attached hydrogens (tertiary/aromatic N) is 1. The third-order valence-corrected chi connectivity index (χ3v) is 4.10. The van der Waals surface area contributed by atoms with Crippen LogP contribution in [0.2, 0.25) is 0 Å². The van der Waals surface area contributed by atoms with Gasteiger partial charge in [0.05, 0.1) is 0 Å². The third kappa shape index (κ3) is 3.33. The van der Waals surface area contributed by atoms with Crippen LogP contribution in [0.4, 0.5) is 0 Å². The van der Waals surface area contributed by atoms with Crippen LogP contribution in [0, 0.1) is 13.8 Å². The Morgan fingerprint density at radius 2 is 1.72 bits per heavy atom. The van der Waals surface area contributed by atoms with Gasteiger partial charge in [0.2, 0.25) is 0 Å². The number of benzene rings is 1. The molecular formula is C16H26N2. The van der Waals surface area contributed by atoms with Gasteiger partial charge in [0.1, 0.15) is 0 Å². The van der Waals surface area contributed by atoms with Crippen molar-refractivity contribution in [1.82, 2.24) is 4.90 Å². The Kier molecular flexibility index (Phi) is 4.41. The van der Waals surface area contributed by atoms with E-state index in [4.69, 9.17) is 5.73 Å². The second kappa shape index (κ2) is 5.85. The first-order chi connectivity index (χ1) is 8.56. The van der Waals surface area contributed by atoms with Crippen molar-refractivity contribution in [2.75, 3.05) is 13.6 Å². The zero-order valence-electron chi connectivity index (χ0n) is 11.9. The summed E-state index contributed by atoms with van der Waals surface area (Å²) in [6.07, 6.45) is 5.45. The lowest BCUT2D eigenvalue weighted by atomic mass is 10.0. The van der Waals surface area contributed by atoms with Crippen molar-refractivity contribution in [3.63, 3.8) is 0 Å². The van der Waals surface area contributed by atoms with Crippen LogP contribution in [0.15, 0.2) is 18.2 Å². The van der Waals surface area contributed by atoms with Gasteiger partial charge in [0, 0.05) is 18.6 Å². The SMILES string of the molecule is Cc1cc(C)cc(C(N)CN(C)C2CCCC2)c1. The van der Waals surface area contributed by atoms with Gasteiger partial charge in [0.15, 0.2) is 0 Å². The topological polar surface area (TPSA) is 29.3 Å². The van der Waals surface area contributed by atoms with E-state index in [9.17, 15) is 0 Å². The van der Waals surface area contributed by atoms with E-state index in [-0.39, 0.29) is 6.04 Å². The van der Waals surface area contributed by atoms with Crippen molar-refractivity contribution in [3.8, 4) is 0 Å². The highest BCUT2D eigenvalue weighted by Gasteiger charge is 2.21. The second-order valence-corrected chi connectivity index (χ2v) is 5.91. The maximum Gasteiger partial charge on any atom is 0.0424 e. The van der Waals surface area contributed by atoms with E-state index in [2.05, 4.69) is 44.0 Å². The smallest absolute Gasteiger partial charge is 0.0424 e. The van der Waals surface area contributed by atoms with Gasteiger partial charge in [-0.1, -0.05) is 42.2 Å². The molecule has 0 heterocycles. The van der Waals surface area contributed by atoms with Crippen molar-refractivity contribution in [3.05, 3.63) is 34.9 Å². The Morgan fingerprint density at radius 1 is 1.17 bits per heavy atom. The van der Waals surface area contributed by atoms with Crippen molar-refractivity contribution >= 4 is 0 Å². The highest BCUT2D eigenvalue weighted by molar-refractivity contribution is 5.30. The lowest BCUT2D eigenvalue weighted by molar-refractivity contribution is 0.231. The van der Waals surface area contributed by atoms with Gasteiger partial charge in [0.25, 0.3) is 0 Å². The number of hydrogen-bond acceptors (Lipinski definition) is 2. The normalized spacial score (nSPS) is 18.5. The van der Waals surface area contributed by atoms with Crippen molar-refractivity contribution in [2.24, 2.45) is 5.73 Å². The number of hydrogen-bond donors (Lipinski definition) is 1. The molecule has 1 aliphatic carbocycles. The van der Waals surface area contributed by atoms with E-state index in [0.29, 0.717) is 0 Å². The molecule has 18 heavy (non-hydrogen) atoms. The molecule has 1 aromatic rings. The first kappa shape index (κ1) is 13.6. The predicted molar refractivity (Wildman–Crippen MR) is 77.7 cm³/mol. The van der Waals surface area contributed by atoms with E-state index in [0.717, 1.165) is 12.6 Å². The van der Waals surface area contributed by atoms with Gasteiger partial charge >= 0.3 is 0 Å². The summed E-state index contributed by atoms with van der Waals surface area (Å²) in [4.78, 5) is 2.45. The summed E-state index contributed by atoms with van der Waals surface area (Å²) < 4.78 is 0. The number of rotatable bonds is 4. The second-order valence-electron chi connectivity index (χ2n) is 5.91. The molecule has 1 aliphatic rings. The maximum atomic E-state index is 6.36. The number of likely N-dealkylation sites (N-methyl/N-ethyl adjacent to an activating group) is 1. The molecule has 1 unspecified atom stereocenters. The molecular weight excluding hydrogens is 220 g/mol. The first-order valence-corrected chi connectivity index (χ1v) is 7.10. The van der Waals surface area contributed by atoms with Gasteiger partial charge in [-0.15, -0.1) is 0 Å². The molecule has 2 heteroatoms.